The molecule has 10 heteroatoms. The second-order valence-electron chi connectivity index (χ2n) is 9.24. The number of aromatic nitrogens is 2. The van der Waals surface area contributed by atoms with Gasteiger partial charge in [-0.2, -0.15) is 28.4 Å². The minimum atomic E-state index is -4.54. The number of nitriles is 1. The zero-order valence-corrected chi connectivity index (χ0v) is 19.4. The number of nitrogens with two attached hydrogens (primary N) is 1. The molecule has 1 aromatic heterocycles. The predicted octanol–water partition coefficient (Wildman–Crippen LogP) is 4.58. The van der Waals surface area contributed by atoms with Gasteiger partial charge >= 0.3 is 12.2 Å². The van der Waals surface area contributed by atoms with Gasteiger partial charge in [-0.1, -0.05) is 6.92 Å². The summed E-state index contributed by atoms with van der Waals surface area (Å²) in [4.78, 5) is 11.2. The van der Waals surface area contributed by atoms with Crippen LogP contribution in [0.25, 0.3) is 0 Å². The maximum Gasteiger partial charge on any atom is 0.417 e. The lowest BCUT2D eigenvalue weighted by atomic mass is 9.88. The minimum Gasteiger partial charge on any atom is -0.467 e. The van der Waals surface area contributed by atoms with Gasteiger partial charge in [0.2, 0.25) is 0 Å². The van der Waals surface area contributed by atoms with Crippen LogP contribution in [0.3, 0.4) is 0 Å². The summed E-state index contributed by atoms with van der Waals surface area (Å²) in [6.07, 6.45) is -3.84. The van der Waals surface area contributed by atoms with E-state index in [1.165, 1.54) is 26.2 Å². The number of anilines is 2. The minimum absolute atomic E-state index is 0.00968. The molecule has 0 saturated carbocycles. The summed E-state index contributed by atoms with van der Waals surface area (Å²) in [5.74, 6) is 1.24. The van der Waals surface area contributed by atoms with E-state index >= 15 is 0 Å². The Morgan fingerprint density at radius 3 is 2.74 bits per heavy atom. The largest absolute Gasteiger partial charge is 0.467 e. The maximum atomic E-state index is 13.9. The van der Waals surface area contributed by atoms with Crippen LogP contribution >= 0.6 is 0 Å². The van der Waals surface area contributed by atoms with Gasteiger partial charge in [-0.05, 0) is 48.4 Å². The van der Waals surface area contributed by atoms with Gasteiger partial charge in [-0.25, -0.2) is 0 Å². The summed E-state index contributed by atoms with van der Waals surface area (Å²) >= 11 is 0. The van der Waals surface area contributed by atoms with E-state index in [2.05, 4.69) is 27.9 Å². The van der Waals surface area contributed by atoms with Crippen molar-refractivity contribution in [1.29, 1.82) is 5.26 Å². The van der Waals surface area contributed by atoms with Crippen LogP contribution in [0.4, 0.5) is 24.7 Å². The Morgan fingerprint density at radius 1 is 1.29 bits per heavy atom. The lowest BCUT2D eigenvalue weighted by Crippen LogP contribution is -2.41. The van der Waals surface area contributed by atoms with Crippen molar-refractivity contribution in [3.8, 4) is 12.1 Å². The number of ether oxygens (including phenoxy) is 2. The maximum absolute atomic E-state index is 13.9. The van der Waals surface area contributed by atoms with E-state index in [-0.39, 0.29) is 41.8 Å². The molecular weight excluding hydrogens is 447 g/mol. The molecule has 0 aliphatic carbocycles. The Kier molecular flexibility index (Phi) is 6.58. The molecule has 2 aliphatic rings. The number of nitrogen functional groups attached to an aromatic ring is 1. The number of halogens is 3. The molecule has 0 bridgehead atoms. The highest BCUT2D eigenvalue weighted by molar-refractivity contribution is 5.54. The highest BCUT2D eigenvalue weighted by Gasteiger charge is 2.39. The summed E-state index contributed by atoms with van der Waals surface area (Å²) in [5, 5.41) is 9.17. The molecule has 0 amide bonds. The van der Waals surface area contributed by atoms with E-state index in [4.69, 9.17) is 20.5 Å². The van der Waals surface area contributed by atoms with Gasteiger partial charge in [0, 0.05) is 37.2 Å². The van der Waals surface area contributed by atoms with Crippen molar-refractivity contribution < 1.29 is 22.6 Å². The zero-order valence-electron chi connectivity index (χ0n) is 19.4. The van der Waals surface area contributed by atoms with Crippen LogP contribution in [0.5, 0.6) is 6.01 Å². The average Bonchev–Trinajstić information content (AvgIpc) is 2.76. The second kappa shape index (κ2) is 9.29. The fourth-order valence-electron chi connectivity index (χ4n) is 5.20. The quantitative estimate of drug-likeness (QED) is 0.646. The van der Waals surface area contributed by atoms with Crippen molar-refractivity contribution in [2.24, 2.45) is 11.8 Å². The monoisotopic (exact) mass is 475 g/mol. The molecule has 1 fully saturated rings. The highest BCUT2D eigenvalue weighted by atomic mass is 19.4. The van der Waals surface area contributed by atoms with E-state index in [0.29, 0.717) is 30.4 Å². The van der Waals surface area contributed by atoms with Gasteiger partial charge < -0.3 is 20.1 Å². The van der Waals surface area contributed by atoms with E-state index in [0.717, 1.165) is 18.5 Å². The average molecular weight is 476 g/mol. The van der Waals surface area contributed by atoms with Gasteiger partial charge in [0.25, 0.3) is 0 Å². The van der Waals surface area contributed by atoms with Gasteiger partial charge in [0.15, 0.2) is 0 Å². The van der Waals surface area contributed by atoms with Gasteiger partial charge in [-0.15, -0.1) is 0 Å². The Bertz CT molecular complexity index is 1120. The van der Waals surface area contributed by atoms with Crippen LogP contribution in [-0.4, -0.2) is 30.2 Å². The smallest absolute Gasteiger partial charge is 0.417 e. The summed E-state index contributed by atoms with van der Waals surface area (Å²) in [6, 6.07) is 5.07. The summed E-state index contributed by atoms with van der Waals surface area (Å²) in [5.41, 5.74) is 6.84. The van der Waals surface area contributed by atoms with Crippen molar-refractivity contribution >= 4 is 11.5 Å². The number of rotatable bonds is 4. The molecule has 0 spiro atoms. The number of nitrogens with zero attached hydrogens (tertiary/aromatic N) is 4. The Labute approximate surface area is 196 Å². The molecule has 182 valence electrons. The van der Waals surface area contributed by atoms with E-state index in [1.807, 2.05) is 0 Å². The standard InChI is InChI=1S/C24H28F3N5O2/c1-13-6-15(4-5-28)11-32(10-13)22-18-12-34-20(9-19(18)30-23(31-22)33-3)17-8-16(29)7-14(2)21(17)24(25,26)27/h7-8,13,15,20H,4,6,9-12,29H2,1-3H3. The SMILES string of the molecule is COc1nc2c(c(N3CC(C)CC(CC#N)C3)n1)COC(c1cc(N)cc(C)c1C(F)(F)F)C2. The van der Waals surface area contributed by atoms with Crippen molar-refractivity contribution in [1.82, 2.24) is 9.97 Å². The van der Waals surface area contributed by atoms with Crippen LogP contribution in [0.15, 0.2) is 12.1 Å². The van der Waals surface area contributed by atoms with Crippen molar-refractivity contribution in [2.75, 3.05) is 30.8 Å². The normalized spacial score (nSPS) is 22.7. The third-order valence-electron chi connectivity index (χ3n) is 6.49. The Morgan fingerprint density at radius 2 is 2.06 bits per heavy atom. The first-order chi connectivity index (χ1) is 16.1. The third kappa shape index (κ3) is 4.75. The summed E-state index contributed by atoms with van der Waals surface area (Å²) < 4.78 is 53.0. The second-order valence-corrected chi connectivity index (χ2v) is 9.24. The van der Waals surface area contributed by atoms with Gasteiger partial charge in [0.05, 0.1) is 37.1 Å². The molecule has 34 heavy (non-hydrogen) atoms. The number of aryl methyl sites for hydroxylation is 1. The number of hydrogen-bond donors (Lipinski definition) is 1. The molecule has 1 aromatic carbocycles. The molecule has 0 radical (unpaired) electrons. The van der Waals surface area contributed by atoms with Gasteiger partial charge in [0.1, 0.15) is 5.82 Å². The van der Waals surface area contributed by atoms with Crippen LogP contribution in [0, 0.1) is 30.1 Å². The van der Waals surface area contributed by atoms with Crippen LogP contribution in [0.2, 0.25) is 0 Å². The highest BCUT2D eigenvalue weighted by Crippen LogP contribution is 2.43. The molecule has 7 nitrogen and oxygen atoms in total. The topological polar surface area (TPSA) is 97.3 Å². The lowest BCUT2D eigenvalue weighted by molar-refractivity contribution is -0.140. The number of benzene rings is 1. The van der Waals surface area contributed by atoms with E-state index < -0.39 is 17.8 Å². The van der Waals surface area contributed by atoms with Crippen molar-refractivity contribution in [3.05, 3.63) is 40.1 Å². The van der Waals surface area contributed by atoms with Crippen LogP contribution in [0.1, 0.15) is 53.8 Å². The Balaban J connectivity index is 1.72. The fourth-order valence-corrected chi connectivity index (χ4v) is 5.20. The number of methoxy groups -OCH3 is 1. The first-order valence-corrected chi connectivity index (χ1v) is 11.2. The first kappa shape index (κ1) is 24.1. The number of alkyl halides is 3. The van der Waals surface area contributed by atoms with Crippen LogP contribution < -0.4 is 15.4 Å². The molecule has 2 aromatic rings. The molecular formula is C24H28F3N5O2. The molecule has 2 aliphatic heterocycles. The van der Waals surface area contributed by atoms with Crippen molar-refractivity contribution in [3.63, 3.8) is 0 Å². The number of fused-ring (bicyclic) bond motifs is 1. The molecule has 4 rings (SSSR count). The molecule has 1 saturated heterocycles. The number of hydrogen-bond acceptors (Lipinski definition) is 7. The van der Waals surface area contributed by atoms with E-state index in [1.54, 1.807) is 0 Å². The zero-order chi connectivity index (χ0) is 24.6. The summed E-state index contributed by atoms with van der Waals surface area (Å²) in [6.45, 7) is 5.02. The third-order valence-corrected chi connectivity index (χ3v) is 6.49. The van der Waals surface area contributed by atoms with Crippen LogP contribution in [-0.2, 0) is 23.9 Å². The molecule has 3 heterocycles. The molecule has 2 N–H and O–H groups in total. The number of piperidine rings is 1. The fraction of sp³-hybridized carbons (Fsp3) is 0.542. The van der Waals surface area contributed by atoms with Gasteiger partial charge in [-0.3, -0.25) is 0 Å². The lowest BCUT2D eigenvalue weighted by Gasteiger charge is -2.38. The van der Waals surface area contributed by atoms with Crippen molar-refractivity contribution in [2.45, 2.75) is 52.0 Å². The molecule has 3 atom stereocenters. The summed E-state index contributed by atoms with van der Waals surface area (Å²) in [7, 11) is 1.46. The molecule has 3 unspecified atom stereocenters. The predicted molar refractivity (Wildman–Crippen MR) is 120 cm³/mol. The van der Waals surface area contributed by atoms with E-state index in [9.17, 15) is 13.2 Å². The Hall–Kier alpha value is -3.06. The first-order valence-electron chi connectivity index (χ1n) is 11.2.